The third-order valence-corrected chi connectivity index (χ3v) is 3.96. The first-order chi connectivity index (χ1) is 10.7. The van der Waals surface area contributed by atoms with Gasteiger partial charge in [0.2, 0.25) is 0 Å². The Balaban J connectivity index is 1.84. The van der Waals surface area contributed by atoms with Crippen molar-refractivity contribution in [2.45, 2.75) is 26.2 Å². The number of carbonyl (C=O) groups excluding carboxylic acids is 1. The number of benzene rings is 1. The maximum absolute atomic E-state index is 12.7. The van der Waals surface area contributed by atoms with Crippen LogP contribution in [0.1, 0.15) is 35.2 Å². The summed E-state index contributed by atoms with van der Waals surface area (Å²) >= 11 is 0. The van der Waals surface area contributed by atoms with Gasteiger partial charge in [-0.15, -0.1) is 0 Å². The standard InChI is InChI=1S/C18H21N3O/c1-14-7-5-8-15(13-14)20-17-16(9-6-10-19-17)18(22)21-11-3-2-4-12-21/h5-10,13H,2-4,11-12H2,1H3,(H,19,20). The summed E-state index contributed by atoms with van der Waals surface area (Å²) in [6.07, 6.45) is 5.11. The van der Waals surface area contributed by atoms with E-state index in [0.717, 1.165) is 31.6 Å². The molecule has 0 bridgehead atoms. The fraction of sp³-hybridized carbons (Fsp3) is 0.333. The van der Waals surface area contributed by atoms with Crippen molar-refractivity contribution in [3.05, 3.63) is 53.7 Å². The molecular formula is C18H21N3O. The van der Waals surface area contributed by atoms with E-state index < -0.39 is 0 Å². The van der Waals surface area contributed by atoms with E-state index in [1.807, 2.05) is 48.2 Å². The van der Waals surface area contributed by atoms with E-state index in [9.17, 15) is 4.79 Å². The zero-order chi connectivity index (χ0) is 15.4. The lowest BCUT2D eigenvalue weighted by Gasteiger charge is -2.27. The number of nitrogens with one attached hydrogen (secondary N) is 1. The number of likely N-dealkylation sites (tertiary alicyclic amines) is 1. The molecule has 0 aliphatic carbocycles. The van der Waals surface area contributed by atoms with E-state index in [1.54, 1.807) is 6.20 Å². The monoisotopic (exact) mass is 295 g/mol. The molecule has 2 heterocycles. The van der Waals surface area contributed by atoms with Gasteiger partial charge in [0.05, 0.1) is 5.56 Å². The van der Waals surface area contributed by atoms with Gasteiger partial charge in [-0.3, -0.25) is 4.79 Å². The van der Waals surface area contributed by atoms with E-state index in [1.165, 1.54) is 12.0 Å². The third kappa shape index (κ3) is 3.27. The molecule has 2 aromatic rings. The summed E-state index contributed by atoms with van der Waals surface area (Å²) in [4.78, 5) is 19.0. The number of nitrogens with zero attached hydrogens (tertiary/aromatic N) is 2. The normalized spacial score (nSPS) is 14.7. The maximum Gasteiger partial charge on any atom is 0.257 e. The van der Waals surface area contributed by atoms with Crippen molar-refractivity contribution in [3.63, 3.8) is 0 Å². The molecule has 0 unspecified atom stereocenters. The zero-order valence-corrected chi connectivity index (χ0v) is 12.9. The molecule has 1 fully saturated rings. The molecule has 114 valence electrons. The van der Waals surface area contributed by atoms with Crippen LogP contribution in [0.3, 0.4) is 0 Å². The Morgan fingerprint density at radius 3 is 2.73 bits per heavy atom. The van der Waals surface area contributed by atoms with Crippen LogP contribution in [-0.4, -0.2) is 28.9 Å². The van der Waals surface area contributed by atoms with Crippen molar-refractivity contribution in [2.75, 3.05) is 18.4 Å². The average molecular weight is 295 g/mol. The van der Waals surface area contributed by atoms with Crippen molar-refractivity contribution >= 4 is 17.4 Å². The van der Waals surface area contributed by atoms with Crippen molar-refractivity contribution in [3.8, 4) is 0 Å². The average Bonchev–Trinajstić information content (AvgIpc) is 2.56. The fourth-order valence-electron chi connectivity index (χ4n) is 2.80. The summed E-state index contributed by atoms with van der Waals surface area (Å²) in [7, 11) is 0. The van der Waals surface area contributed by atoms with Crippen molar-refractivity contribution in [1.29, 1.82) is 0 Å². The van der Waals surface area contributed by atoms with Crippen LogP contribution in [-0.2, 0) is 0 Å². The van der Waals surface area contributed by atoms with Crippen LogP contribution in [0.2, 0.25) is 0 Å². The Bertz CT molecular complexity index is 663. The Labute approximate surface area is 131 Å². The highest BCUT2D eigenvalue weighted by Gasteiger charge is 2.21. The second-order valence-electron chi connectivity index (χ2n) is 5.75. The Morgan fingerprint density at radius 1 is 1.14 bits per heavy atom. The van der Waals surface area contributed by atoms with Crippen LogP contribution in [0.5, 0.6) is 0 Å². The van der Waals surface area contributed by atoms with Gasteiger partial charge in [-0.1, -0.05) is 12.1 Å². The van der Waals surface area contributed by atoms with Crippen LogP contribution >= 0.6 is 0 Å². The molecule has 1 aliphatic rings. The molecule has 3 rings (SSSR count). The molecule has 0 atom stereocenters. The van der Waals surface area contributed by atoms with Crippen LogP contribution < -0.4 is 5.32 Å². The molecule has 0 spiro atoms. The summed E-state index contributed by atoms with van der Waals surface area (Å²) < 4.78 is 0. The second-order valence-corrected chi connectivity index (χ2v) is 5.75. The van der Waals surface area contributed by atoms with Crippen molar-refractivity contribution < 1.29 is 4.79 Å². The lowest BCUT2D eigenvalue weighted by Crippen LogP contribution is -2.36. The highest BCUT2D eigenvalue weighted by Crippen LogP contribution is 2.22. The van der Waals surface area contributed by atoms with Crippen LogP contribution in [0.25, 0.3) is 0 Å². The van der Waals surface area contributed by atoms with Gasteiger partial charge in [0.15, 0.2) is 0 Å². The first-order valence-electron chi connectivity index (χ1n) is 7.82. The minimum absolute atomic E-state index is 0.0722. The summed E-state index contributed by atoms with van der Waals surface area (Å²) in [5.74, 6) is 0.701. The van der Waals surface area contributed by atoms with Gasteiger partial charge < -0.3 is 10.2 Å². The molecule has 1 aromatic carbocycles. The Hall–Kier alpha value is -2.36. The number of rotatable bonds is 3. The first kappa shape index (κ1) is 14.6. The minimum atomic E-state index is 0.0722. The number of amides is 1. The quantitative estimate of drug-likeness (QED) is 0.937. The predicted octanol–water partition coefficient (Wildman–Crippen LogP) is 3.76. The SMILES string of the molecule is Cc1cccc(Nc2ncccc2C(=O)N2CCCCC2)c1. The van der Waals surface area contributed by atoms with Gasteiger partial charge >= 0.3 is 0 Å². The molecule has 0 saturated carbocycles. The van der Waals surface area contributed by atoms with E-state index in [-0.39, 0.29) is 5.91 Å². The van der Waals surface area contributed by atoms with Crippen LogP contribution in [0, 0.1) is 6.92 Å². The van der Waals surface area contributed by atoms with Gasteiger partial charge in [-0.25, -0.2) is 4.98 Å². The smallest absolute Gasteiger partial charge is 0.257 e. The van der Waals surface area contributed by atoms with Crippen molar-refractivity contribution in [1.82, 2.24) is 9.88 Å². The molecule has 1 amide bonds. The topological polar surface area (TPSA) is 45.2 Å². The van der Waals surface area contributed by atoms with E-state index in [0.29, 0.717) is 11.4 Å². The molecular weight excluding hydrogens is 274 g/mol. The number of piperidine rings is 1. The number of hydrogen-bond donors (Lipinski definition) is 1. The lowest BCUT2D eigenvalue weighted by molar-refractivity contribution is 0.0725. The zero-order valence-electron chi connectivity index (χ0n) is 12.9. The van der Waals surface area contributed by atoms with E-state index in [4.69, 9.17) is 0 Å². The maximum atomic E-state index is 12.7. The van der Waals surface area contributed by atoms with Gasteiger partial charge in [0, 0.05) is 25.0 Å². The number of hydrogen-bond acceptors (Lipinski definition) is 3. The molecule has 4 nitrogen and oxygen atoms in total. The van der Waals surface area contributed by atoms with E-state index >= 15 is 0 Å². The number of aryl methyl sites for hydroxylation is 1. The highest BCUT2D eigenvalue weighted by molar-refractivity contribution is 5.99. The minimum Gasteiger partial charge on any atom is -0.340 e. The van der Waals surface area contributed by atoms with Gasteiger partial charge in [0.25, 0.3) is 5.91 Å². The Morgan fingerprint density at radius 2 is 1.95 bits per heavy atom. The molecule has 1 aromatic heterocycles. The molecule has 1 N–H and O–H groups in total. The van der Waals surface area contributed by atoms with Gasteiger partial charge in [0.1, 0.15) is 5.82 Å². The highest BCUT2D eigenvalue weighted by atomic mass is 16.2. The van der Waals surface area contributed by atoms with E-state index in [2.05, 4.69) is 10.3 Å². The fourth-order valence-corrected chi connectivity index (χ4v) is 2.80. The Kier molecular flexibility index (Phi) is 4.37. The number of anilines is 2. The summed E-state index contributed by atoms with van der Waals surface area (Å²) in [6.45, 7) is 3.73. The van der Waals surface area contributed by atoms with Gasteiger partial charge in [-0.2, -0.15) is 0 Å². The number of aromatic nitrogens is 1. The second kappa shape index (κ2) is 6.60. The third-order valence-electron chi connectivity index (χ3n) is 3.96. The largest absolute Gasteiger partial charge is 0.340 e. The molecule has 0 radical (unpaired) electrons. The molecule has 22 heavy (non-hydrogen) atoms. The summed E-state index contributed by atoms with van der Waals surface area (Å²) in [5, 5.41) is 3.27. The molecule has 4 heteroatoms. The number of pyridine rings is 1. The lowest BCUT2D eigenvalue weighted by atomic mass is 10.1. The predicted molar refractivity (Wildman–Crippen MR) is 88.5 cm³/mol. The van der Waals surface area contributed by atoms with Gasteiger partial charge in [-0.05, 0) is 56.0 Å². The summed E-state index contributed by atoms with van der Waals surface area (Å²) in [6, 6.07) is 11.7. The first-order valence-corrected chi connectivity index (χ1v) is 7.82. The number of carbonyl (C=O) groups is 1. The van der Waals surface area contributed by atoms with Crippen LogP contribution in [0.15, 0.2) is 42.6 Å². The molecule has 1 saturated heterocycles. The van der Waals surface area contributed by atoms with Crippen LogP contribution in [0.4, 0.5) is 11.5 Å². The summed E-state index contributed by atoms with van der Waals surface area (Å²) in [5.41, 5.74) is 2.77. The molecule has 1 aliphatic heterocycles. The van der Waals surface area contributed by atoms with Crippen molar-refractivity contribution in [2.24, 2.45) is 0 Å².